The van der Waals surface area contributed by atoms with E-state index in [9.17, 15) is 0 Å². The lowest BCUT2D eigenvalue weighted by molar-refractivity contribution is 0.456. The highest BCUT2D eigenvalue weighted by molar-refractivity contribution is 7.07. The highest BCUT2D eigenvalue weighted by Gasteiger charge is 2.29. The Balaban J connectivity index is 1.66. The molecule has 1 nitrogen and oxygen atoms in total. The molecular formula is C12H19NS. The second-order valence-corrected chi connectivity index (χ2v) is 5.04. The summed E-state index contributed by atoms with van der Waals surface area (Å²) in [5.74, 6) is 0.988. The van der Waals surface area contributed by atoms with Crippen molar-refractivity contribution in [3.05, 3.63) is 22.4 Å². The largest absolute Gasteiger partial charge is 0.317 e. The predicted octanol–water partition coefficient (Wildman–Crippen LogP) is 3.07. The van der Waals surface area contributed by atoms with Crippen LogP contribution in [0.4, 0.5) is 0 Å². The molecule has 1 heterocycles. The van der Waals surface area contributed by atoms with Crippen LogP contribution < -0.4 is 5.32 Å². The first-order chi connectivity index (χ1) is 6.90. The van der Waals surface area contributed by atoms with Crippen molar-refractivity contribution in [2.45, 2.75) is 38.1 Å². The van der Waals surface area contributed by atoms with E-state index in [2.05, 4.69) is 29.2 Å². The Morgan fingerprint density at radius 1 is 1.57 bits per heavy atom. The summed E-state index contributed by atoms with van der Waals surface area (Å²) >= 11 is 1.81. The summed E-state index contributed by atoms with van der Waals surface area (Å²) in [7, 11) is 2.10. The molecule has 1 saturated carbocycles. The van der Waals surface area contributed by atoms with E-state index in [1.807, 2.05) is 11.3 Å². The zero-order valence-electron chi connectivity index (χ0n) is 8.83. The minimum atomic E-state index is 0.786. The van der Waals surface area contributed by atoms with E-state index in [0.717, 1.165) is 12.0 Å². The predicted molar refractivity (Wildman–Crippen MR) is 62.8 cm³/mol. The van der Waals surface area contributed by atoms with E-state index >= 15 is 0 Å². The molecule has 1 N–H and O–H groups in total. The first kappa shape index (κ1) is 10.2. The standard InChI is InChI=1S/C12H19NS/c1-13-12(11-5-6-11)4-2-3-10-7-8-14-9-10/h7-9,11-13H,2-6H2,1H3. The topological polar surface area (TPSA) is 12.0 Å². The summed E-state index contributed by atoms with van der Waals surface area (Å²) in [4.78, 5) is 0. The van der Waals surface area contributed by atoms with Crippen LogP contribution in [-0.2, 0) is 6.42 Å². The molecule has 0 amide bonds. The van der Waals surface area contributed by atoms with Crippen LogP contribution in [0.25, 0.3) is 0 Å². The van der Waals surface area contributed by atoms with E-state index in [4.69, 9.17) is 0 Å². The molecule has 1 atom stereocenters. The zero-order chi connectivity index (χ0) is 9.80. The van der Waals surface area contributed by atoms with Crippen LogP contribution >= 0.6 is 11.3 Å². The molecular weight excluding hydrogens is 190 g/mol. The third kappa shape index (κ3) is 2.82. The third-order valence-corrected chi connectivity index (χ3v) is 3.85. The van der Waals surface area contributed by atoms with E-state index in [0.29, 0.717) is 0 Å². The lowest BCUT2D eigenvalue weighted by Gasteiger charge is -2.14. The van der Waals surface area contributed by atoms with Crippen molar-refractivity contribution < 1.29 is 0 Å². The van der Waals surface area contributed by atoms with Gasteiger partial charge in [-0.15, -0.1) is 0 Å². The highest BCUT2D eigenvalue weighted by Crippen LogP contribution is 2.34. The van der Waals surface area contributed by atoms with Gasteiger partial charge in [-0.3, -0.25) is 0 Å². The van der Waals surface area contributed by atoms with E-state index in [1.54, 1.807) is 0 Å². The first-order valence-electron chi connectivity index (χ1n) is 5.58. The molecule has 0 spiro atoms. The van der Waals surface area contributed by atoms with Gasteiger partial charge in [-0.25, -0.2) is 0 Å². The minimum Gasteiger partial charge on any atom is -0.317 e. The van der Waals surface area contributed by atoms with Gasteiger partial charge in [-0.1, -0.05) is 0 Å². The van der Waals surface area contributed by atoms with Crippen molar-refractivity contribution in [1.29, 1.82) is 0 Å². The van der Waals surface area contributed by atoms with Crippen LogP contribution in [-0.4, -0.2) is 13.1 Å². The summed E-state index contributed by atoms with van der Waals surface area (Å²) in [6, 6.07) is 3.03. The van der Waals surface area contributed by atoms with Crippen molar-refractivity contribution in [3.8, 4) is 0 Å². The van der Waals surface area contributed by atoms with Crippen molar-refractivity contribution >= 4 is 11.3 Å². The molecule has 1 aromatic heterocycles. The summed E-state index contributed by atoms with van der Waals surface area (Å²) < 4.78 is 0. The SMILES string of the molecule is CNC(CCCc1ccsc1)C1CC1. The Labute approximate surface area is 90.5 Å². The first-order valence-corrected chi connectivity index (χ1v) is 6.53. The number of thiophene rings is 1. The van der Waals surface area contributed by atoms with Crippen LogP contribution in [0.1, 0.15) is 31.2 Å². The fourth-order valence-electron chi connectivity index (χ4n) is 2.08. The zero-order valence-corrected chi connectivity index (χ0v) is 9.65. The van der Waals surface area contributed by atoms with Gasteiger partial charge in [0.1, 0.15) is 0 Å². The van der Waals surface area contributed by atoms with Crippen molar-refractivity contribution in [2.75, 3.05) is 7.05 Å². The van der Waals surface area contributed by atoms with Gasteiger partial charge in [-0.2, -0.15) is 11.3 Å². The molecule has 1 unspecified atom stereocenters. The Bertz CT molecular complexity index is 251. The van der Waals surface area contributed by atoms with Gasteiger partial charge in [0, 0.05) is 6.04 Å². The van der Waals surface area contributed by atoms with Gasteiger partial charge in [0.25, 0.3) is 0 Å². The fraction of sp³-hybridized carbons (Fsp3) is 0.667. The van der Waals surface area contributed by atoms with Gasteiger partial charge < -0.3 is 5.32 Å². The molecule has 14 heavy (non-hydrogen) atoms. The summed E-state index contributed by atoms with van der Waals surface area (Å²) in [6.07, 6.45) is 6.83. The van der Waals surface area contributed by atoms with Crippen molar-refractivity contribution in [2.24, 2.45) is 5.92 Å². The molecule has 0 aliphatic heterocycles. The van der Waals surface area contributed by atoms with Gasteiger partial charge in [-0.05, 0) is 67.5 Å². The van der Waals surface area contributed by atoms with E-state index in [-0.39, 0.29) is 0 Å². The lowest BCUT2D eigenvalue weighted by Crippen LogP contribution is -2.27. The molecule has 1 aliphatic rings. The number of hydrogen-bond donors (Lipinski definition) is 1. The van der Waals surface area contributed by atoms with Crippen LogP contribution in [0.2, 0.25) is 0 Å². The molecule has 1 aromatic rings. The second-order valence-electron chi connectivity index (χ2n) is 4.26. The Morgan fingerprint density at radius 2 is 2.43 bits per heavy atom. The average molecular weight is 209 g/mol. The summed E-state index contributed by atoms with van der Waals surface area (Å²) in [6.45, 7) is 0. The van der Waals surface area contributed by atoms with Gasteiger partial charge in [0.15, 0.2) is 0 Å². The summed E-state index contributed by atoms with van der Waals surface area (Å²) in [5, 5.41) is 7.89. The lowest BCUT2D eigenvalue weighted by atomic mass is 10.0. The van der Waals surface area contributed by atoms with Crippen molar-refractivity contribution in [1.82, 2.24) is 5.32 Å². The normalized spacial score (nSPS) is 18.4. The van der Waals surface area contributed by atoms with E-state index in [1.165, 1.54) is 37.7 Å². The highest BCUT2D eigenvalue weighted by atomic mass is 32.1. The van der Waals surface area contributed by atoms with Crippen LogP contribution in [0, 0.1) is 5.92 Å². The molecule has 1 aliphatic carbocycles. The Morgan fingerprint density at radius 3 is 3.00 bits per heavy atom. The number of nitrogens with one attached hydrogen (secondary N) is 1. The number of rotatable bonds is 6. The molecule has 2 heteroatoms. The number of aryl methyl sites for hydroxylation is 1. The van der Waals surface area contributed by atoms with Gasteiger partial charge in [0.05, 0.1) is 0 Å². The molecule has 2 rings (SSSR count). The molecule has 1 fully saturated rings. The van der Waals surface area contributed by atoms with E-state index < -0.39 is 0 Å². The maximum atomic E-state index is 3.45. The maximum absolute atomic E-state index is 3.45. The smallest absolute Gasteiger partial charge is 0.00924 e. The number of hydrogen-bond acceptors (Lipinski definition) is 2. The van der Waals surface area contributed by atoms with Crippen LogP contribution in [0.15, 0.2) is 16.8 Å². The fourth-order valence-corrected chi connectivity index (χ4v) is 2.78. The average Bonchev–Trinajstić information content (AvgIpc) is 2.91. The quantitative estimate of drug-likeness (QED) is 0.759. The summed E-state index contributed by atoms with van der Waals surface area (Å²) in [5.41, 5.74) is 1.51. The van der Waals surface area contributed by atoms with Crippen molar-refractivity contribution in [3.63, 3.8) is 0 Å². The van der Waals surface area contributed by atoms with Gasteiger partial charge in [0.2, 0.25) is 0 Å². The molecule has 0 bridgehead atoms. The molecule has 0 radical (unpaired) electrons. The Hall–Kier alpha value is -0.340. The van der Waals surface area contributed by atoms with Crippen LogP contribution in [0.5, 0.6) is 0 Å². The molecule has 0 saturated heterocycles. The van der Waals surface area contributed by atoms with Gasteiger partial charge >= 0.3 is 0 Å². The third-order valence-electron chi connectivity index (χ3n) is 3.12. The maximum Gasteiger partial charge on any atom is 0.00924 e. The van der Waals surface area contributed by atoms with Crippen LogP contribution in [0.3, 0.4) is 0 Å². The second kappa shape index (κ2) is 4.94. The minimum absolute atomic E-state index is 0.786. The molecule has 0 aromatic carbocycles. The molecule has 78 valence electrons. The monoisotopic (exact) mass is 209 g/mol. The Kier molecular flexibility index (Phi) is 3.60.